The first-order valence-electron chi connectivity index (χ1n) is 4.61. The molecular weight excluding hydrogens is 288 g/mol. The molecule has 0 aliphatic rings. The summed E-state index contributed by atoms with van der Waals surface area (Å²) in [6.07, 6.45) is 0. The van der Waals surface area contributed by atoms with E-state index in [1.807, 2.05) is 29.6 Å². The third-order valence-electron chi connectivity index (χ3n) is 2.21. The Labute approximate surface area is 105 Å². The number of thiazole rings is 1. The molecule has 5 heteroatoms. The number of primary amides is 1. The van der Waals surface area contributed by atoms with Gasteiger partial charge in [-0.2, -0.15) is 0 Å². The molecule has 2 aromatic rings. The summed E-state index contributed by atoms with van der Waals surface area (Å²) in [5.41, 5.74) is 8.68. The van der Waals surface area contributed by atoms with E-state index in [-0.39, 0.29) is 5.91 Å². The van der Waals surface area contributed by atoms with Crippen molar-refractivity contribution < 1.29 is 4.79 Å². The number of amides is 1. The number of hydrogen-bond acceptors (Lipinski definition) is 3. The zero-order valence-electron chi connectivity index (χ0n) is 8.26. The topological polar surface area (TPSA) is 56.0 Å². The van der Waals surface area contributed by atoms with Crippen molar-refractivity contribution in [3.63, 3.8) is 0 Å². The molecule has 2 rings (SSSR count). The lowest BCUT2D eigenvalue weighted by Gasteiger charge is -2.11. The Balaban J connectivity index is 2.45. The van der Waals surface area contributed by atoms with E-state index in [0.717, 1.165) is 10.0 Å². The summed E-state index contributed by atoms with van der Waals surface area (Å²) in [6.45, 7) is 0. The minimum Gasteiger partial charge on any atom is -0.369 e. The van der Waals surface area contributed by atoms with Crippen molar-refractivity contribution >= 4 is 33.2 Å². The third-order valence-corrected chi connectivity index (χ3v) is 3.31. The molecule has 1 aromatic carbocycles. The van der Waals surface area contributed by atoms with Gasteiger partial charge in [-0.3, -0.25) is 4.79 Å². The molecule has 0 saturated carbocycles. The van der Waals surface area contributed by atoms with Gasteiger partial charge in [0.25, 0.3) is 0 Å². The van der Waals surface area contributed by atoms with Crippen LogP contribution in [0.2, 0.25) is 0 Å². The smallest absolute Gasteiger partial charge is 0.231 e. The Hall–Kier alpha value is -1.20. The lowest BCUT2D eigenvalue weighted by molar-refractivity contribution is -0.118. The predicted octanol–water partition coefficient (Wildman–Crippen LogP) is 2.52. The summed E-state index contributed by atoms with van der Waals surface area (Å²) < 4.78 is 0.923. The first kappa shape index (κ1) is 11.3. The molecule has 1 atom stereocenters. The quantitative estimate of drug-likeness (QED) is 0.946. The maximum absolute atomic E-state index is 11.5. The van der Waals surface area contributed by atoms with Crippen molar-refractivity contribution in [1.82, 2.24) is 4.98 Å². The summed E-state index contributed by atoms with van der Waals surface area (Å²) in [5, 5.41) is 1.84. The van der Waals surface area contributed by atoms with Gasteiger partial charge < -0.3 is 5.73 Å². The van der Waals surface area contributed by atoms with Crippen molar-refractivity contribution in [3.8, 4) is 0 Å². The summed E-state index contributed by atoms with van der Waals surface area (Å²) in [4.78, 5) is 15.6. The standard InChI is InChI=1S/C11H9BrN2OS/c12-8-3-1-2-7(4-8)10(11(13)15)9-5-16-6-14-9/h1-6,10H,(H2,13,15). The molecule has 0 aliphatic carbocycles. The van der Waals surface area contributed by atoms with Crippen LogP contribution in [0.15, 0.2) is 39.6 Å². The van der Waals surface area contributed by atoms with E-state index in [1.54, 1.807) is 5.51 Å². The molecule has 0 spiro atoms. The zero-order chi connectivity index (χ0) is 11.5. The van der Waals surface area contributed by atoms with Crippen LogP contribution in [0, 0.1) is 0 Å². The Morgan fingerprint density at radius 1 is 1.50 bits per heavy atom. The maximum atomic E-state index is 11.5. The number of aromatic nitrogens is 1. The highest BCUT2D eigenvalue weighted by Gasteiger charge is 2.21. The first-order valence-corrected chi connectivity index (χ1v) is 6.35. The number of nitrogens with zero attached hydrogens (tertiary/aromatic N) is 1. The van der Waals surface area contributed by atoms with Crippen LogP contribution in [0.1, 0.15) is 17.2 Å². The third kappa shape index (κ3) is 2.31. The van der Waals surface area contributed by atoms with E-state index in [9.17, 15) is 4.79 Å². The molecular formula is C11H9BrN2OS. The van der Waals surface area contributed by atoms with Gasteiger partial charge in [0.15, 0.2) is 0 Å². The number of carbonyl (C=O) groups excluding carboxylic acids is 1. The van der Waals surface area contributed by atoms with E-state index in [1.165, 1.54) is 11.3 Å². The molecule has 2 N–H and O–H groups in total. The van der Waals surface area contributed by atoms with Gasteiger partial charge in [-0.1, -0.05) is 28.1 Å². The van der Waals surface area contributed by atoms with Crippen molar-refractivity contribution in [2.75, 3.05) is 0 Å². The molecule has 0 saturated heterocycles. The van der Waals surface area contributed by atoms with E-state index in [4.69, 9.17) is 5.73 Å². The Kier molecular flexibility index (Phi) is 3.36. The van der Waals surface area contributed by atoms with Gasteiger partial charge in [0, 0.05) is 9.85 Å². The molecule has 0 radical (unpaired) electrons. The predicted molar refractivity (Wildman–Crippen MR) is 67.3 cm³/mol. The van der Waals surface area contributed by atoms with Gasteiger partial charge in [-0.05, 0) is 17.7 Å². The second-order valence-electron chi connectivity index (χ2n) is 3.30. The minimum absolute atomic E-state index is 0.385. The molecule has 0 aliphatic heterocycles. The van der Waals surface area contributed by atoms with Crippen molar-refractivity contribution in [3.05, 3.63) is 50.9 Å². The Bertz CT molecular complexity index is 498. The molecule has 1 unspecified atom stereocenters. The van der Waals surface area contributed by atoms with Crippen LogP contribution in [0.25, 0.3) is 0 Å². The highest BCUT2D eigenvalue weighted by Crippen LogP contribution is 2.26. The second kappa shape index (κ2) is 4.76. The fourth-order valence-electron chi connectivity index (χ4n) is 1.53. The fraction of sp³-hybridized carbons (Fsp3) is 0.0909. The number of nitrogens with two attached hydrogens (primary N) is 1. The Morgan fingerprint density at radius 3 is 2.88 bits per heavy atom. The van der Waals surface area contributed by atoms with Gasteiger partial charge in [-0.15, -0.1) is 11.3 Å². The summed E-state index contributed by atoms with van der Waals surface area (Å²) >= 11 is 4.83. The minimum atomic E-state index is -0.469. The average Bonchev–Trinajstić information content (AvgIpc) is 2.71. The highest BCUT2D eigenvalue weighted by atomic mass is 79.9. The van der Waals surface area contributed by atoms with Crippen LogP contribution in [0.3, 0.4) is 0 Å². The lowest BCUT2D eigenvalue weighted by Crippen LogP contribution is -2.22. The van der Waals surface area contributed by atoms with Gasteiger partial charge in [0.1, 0.15) is 5.92 Å². The van der Waals surface area contributed by atoms with Crippen molar-refractivity contribution in [2.45, 2.75) is 5.92 Å². The highest BCUT2D eigenvalue weighted by molar-refractivity contribution is 9.10. The summed E-state index contributed by atoms with van der Waals surface area (Å²) in [5.74, 6) is -0.854. The van der Waals surface area contributed by atoms with E-state index < -0.39 is 5.92 Å². The van der Waals surface area contributed by atoms with E-state index >= 15 is 0 Å². The van der Waals surface area contributed by atoms with Gasteiger partial charge >= 0.3 is 0 Å². The van der Waals surface area contributed by atoms with Crippen LogP contribution >= 0.6 is 27.3 Å². The number of halogens is 1. The maximum Gasteiger partial charge on any atom is 0.231 e. The molecule has 0 bridgehead atoms. The average molecular weight is 297 g/mol. The number of benzene rings is 1. The summed E-state index contributed by atoms with van der Waals surface area (Å²) in [7, 11) is 0. The molecule has 1 heterocycles. The van der Waals surface area contributed by atoms with Gasteiger partial charge in [0.05, 0.1) is 11.2 Å². The van der Waals surface area contributed by atoms with Crippen LogP contribution in [-0.4, -0.2) is 10.9 Å². The summed E-state index contributed by atoms with van der Waals surface area (Å²) in [6, 6.07) is 7.54. The number of carbonyl (C=O) groups is 1. The van der Waals surface area contributed by atoms with E-state index in [2.05, 4.69) is 20.9 Å². The second-order valence-corrected chi connectivity index (χ2v) is 4.94. The van der Waals surface area contributed by atoms with Crippen LogP contribution in [0.5, 0.6) is 0 Å². The lowest BCUT2D eigenvalue weighted by atomic mass is 9.96. The monoisotopic (exact) mass is 296 g/mol. The van der Waals surface area contributed by atoms with Crippen LogP contribution in [0.4, 0.5) is 0 Å². The van der Waals surface area contributed by atoms with Gasteiger partial charge in [-0.25, -0.2) is 4.98 Å². The molecule has 1 aromatic heterocycles. The number of hydrogen-bond donors (Lipinski definition) is 1. The molecule has 0 fully saturated rings. The molecule has 1 amide bonds. The van der Waals surface area contributed by atoms with E-state index in [0.29, 0.717) is 5.69 Å². The fourth-order valence-corrected chi connectivity index (χ4v) is 2.53. The number of rotatable bonds is 3. The first-order chi connectivity index (χ1) is 7.68. The van der Waals surface area contributed by atoms with Gasteiger partial charge in [0.2, 0.25) is 5.91 Å². The Morgan fingerprint density at radius 2 is 2.31 bits per heavy atom. The van der Waals surface area contributed by atoms with Crippen LogP contribution in [-0.2, 0) is 4.79 Å². The molecule has 16 heavy (non-hydrogen) atoms. The van der Waals surface area contributed by atoms with Crippen molar-refractivity contribution in [2.24, 2.45) is 5.73 Å². The van der Waals surface area contributed by atoms with Crippen LogP contribution < -0.4 is 5.73 Å². The molecule has 3 nitrogen and oxygen atoms in total. The molecule has 82 valence electrons. The normalized spacial score (nSPS) is 12.3. The SMILES string of the molecule is NC(=O)C(c1cccc(Br)c1)c1cscn1. The van der Waals surface area contributed by atoms with Crippen molar-refractivity contribution in [1.29, 1.82) is 0 Å². The zero-order valence-corrected chi connectivity index (χ0v) is 10.7. The largest absolute Gasteiger partial charge is 0.369 e.